The van der Waals surface area contributed by atoms with E-state index in [0.29, 0.717) is 0 Å². The summed E-state index contributed by atoms with van der Waals surface area (Å²) >= 11 is 0. The van der Waals surface area contributed by atoms with E-state index in [2.05, 4.69) is 44.7 Å². The molecule has 0 atom stereocenters. The summed E-state index contributed by atoms with van der Waals surface area (Å²) in [7, 11) is -0.298. The molecule has 0 aliphatic heterocycles. The Balaban J connectivity index is 2.08. The van der Waals surface area contributed by atoms with Crippen LogP contribution < -0.4 is 5.19 Å². The SMILES string of the molecule is CCCCCCCCCC[Si](C)c1ccccc1C. The Morgan fingerprint density at radius 2 is 1.42 bits per heavy atom. The molecule has 0 nitrogen and oxygen atoms in total. The molecule has 0 heterocycles. The third-order valence-corrected chi connectivity index (χ3v) is 6.59. The first-order chi connectivity index (χ1) is 9.25. The third kappa shape index (κ3) is 6.96. The Bertz CT molecular complexity index is 332. The van der Waals surface area contributed by atoms with Gasteiger partial charge < -0.3 is 0 Å². The van der Waals surface area contributed by atoms with Crippen LogP contribution in [0, 0.1) is 6.92 Å². The molecule has 0 saturated carbocycles. The second kappa shape index (κ2) is 10.3. The molecule has 0 unspecified atom stereocenters. The van der Waals surface area contributed by atoms with Crippen LogP contribution in [-0.2, 0) is 0 Å². The fourth-order valence-electron chi connectivity index (χ4n) is 2.71. The van der Waals surface area contributed by atoms with Gasteiger partial charge in [-0.1, -0.05) is 106 Å². The Kier molecular flexibility index (Phi) is 8.90. The number of hydrogen-bond donors (Lipinski definition) is 0. The molecule has 0 fully saturated rings. The summed E-state index contributed by atoms with van der Waals surface area (Å²) in [6.45, 7) is 7.03. The van der Waals surface area contributed by atoms with Gasteiger partial charge in [0.15, 0.2) is 0 Å². The first-order valence-electron chi connectivity index (χ1n) is 8.14. The monoisotopic (exact) mass is 275 g/mol. The number of aryl methyl sites for hydroxylation is 1. The molecule has 0 aromatic heterocycles. The van der Waals surface area contributed by atoms with Gasteiger partial charge >= 0.3 is 0 Å². The Labute approximate surface area is 122 Å². The third-order valence-electron chi connectivity index (χ3n) is 4.01. The second-order valence-corrected chi connectivity index (χ2v) is 8.42. The molecule has 0 amide bonds. The zero-order valence-corrected chi connectivity index (χ0v) is 14.2. The number of rotatable bonds is 10. The van der Waals surface area contributed by atoms with Crippen LogP contribution in [0.4, 0.5) is 0 Å². The van der Waals surface area contributed by atoms with Crippen molar-refractivity contribution < 1.29 is 0 Å². The predicted octanol–water partition coefficient (Wildman–Crippen LogP) is 5.47. The lowest BCUT2D eigenvalue weighted by atomic mass is 10.1. The van der Waals surface area contributed by atoms with Crippen LogP contribution in [0.25, 0.3) is 0 Å². The zero-order valence-electron chi connectivity index (χ0n) is 13.2. The van der Waals surface area contributed by atoms with Crippen molar-refractivity contribution in [2.75, 3.05) is 0 Å². The van der Waals surface area contributed by atoms with Gasteiger partial charge in [0.05, 0.1) is 8.80 Å². The quantitative estimate of drug-likeness (QED) is 0.392. The highest BCUT2D eigenvalue weighted by Crippen LogP contribution is 2.11. The maximum Gasteiger partial charge on any atom is 0.0827 e. The molecule has 0 N–H and O–H groups in total. The smallest absolute Gasteiger partial charge is 0.0669 e. The Morgan fingerprint density at radius 1 is 0.842 bits per heavy atom. The minimum atomic E-state index is -0.298. The van der Waals surface area contributed by atoms with E-state index in [1.54, 1.807) is 5.19 Å². The van der Waals surface area contributed by atoms with Gasteiger partial charge in [0.1, 0.15) is 0 Å². The van der Waals surface area contributed by atoms with E-state index in [-0.39, 0.29) is 8.80 Å². The minimum absolute atomic E-state index is 0.298. The van der Waals surface area contributed by atoms with Crippen LogP contribution in [-0.4, -0.2) is 8.80 Å². The van der Waals surface area contributed by atoms with Crippen LogP contribution in [0.5, 0.6) is 0 Å². The van der Waals surface area contributed by atoms with Crippen molar-refractivity contribution in [1.29, 1.82) is 0 Å². The maximum absolute atomic E-state index is 2.48. The van der Waals surface area contributed by atoms with E-state index in [0.717, 1.165) is 0 Å². The summed E-state index contributed by atoms with van der Waals surface area (Å²) in [6.07, 6.45) is 11.5. The Hall–Kier alpha value is -0.563. The molecule has 1 heteroatoms. The Morgan fingerprint density at radius 3 is 2.05 bits per heavy atom. The van der Waals surface area contributed by atoms with Gasteiger partial charge in [-0.15, -0.1) is 0 Å². The van der Waals surface area contributed by atoms with Crippen molar-refractivity contribution in [2.24, 2.45) is 0 Å². The van der Waals surface area contributed by atoms with Gasteiger partial charge in [0.2, 0.25) is 0 Å². The molecule has 0 saturated heterocycles. The van der Waals surface area contributed by atoms with Crippen LogP contribution >= 0.6 is 0 Å². The summed E-state index contributed by atoms with van der Waals surface area (Å²) in [6, 6.07) is 10.4. The van der Waals surface area contributed by atoms with Crippen LogP contribution in [0.1, 0.15) is 63.9 Å². The molecule has 19 heavy (non-hydrogen) atoms. The molecule has 0 aliphatic rings. The average molecular weight is 276 g/mol. The summed E-state index contributed by atoms with van der Waals surface area (Å²) in [5, 5.41) is 1.65. The second-order valence-electron chi connectivity index (χ2n) is 5.82. The molecule has 0 bridgehead atoms. The van der Waals surface area contributed by atoms with Gasteiger partial charge in [-0.05, 0) is 6.92 Å². The minimum Gasteiger partial charge on any atom is -0.0669 e. The lowest BCUT2D eigenvalue weighted by molar-refractivity contribution is 0.584. The summed E-state index contributed by atoms with van der Waals surface area (Å²) in [5.74, 6) is 0. The molecule has 0 spiro atoms. The predicted molar refractivity (Wildman–Crippen MR) is 89.8 cm³/mol. The number of hydrogen-bond acceptors (Lipinski definition) is 0. The summed E-state index contributed by atoms with van der Waals surface area (Å²) in [4.78, 5) is 0. The van der Waals surface area contributed by atoms with Crippen LogP contribution in [0.15, 0.2) is 24.3 Å². The van der Waals surface area contributed by atoms with E-state index in [1.165, 1.54) is 63.0 Å². The topological polar surface area (TPSA) is 0 Å². The van der Waals surface area contributed by atoms with Gasteiger partial charge in [0.25, 0.3) is 0 Å². The normalized spacial score (nSPS) is 11.2. The lowest BCUT2D eigenvalue weighted by Crippen LogP contribution is -2.28. The van der Waals surface area contributed by atoms with Crippen molar-refractivity contribution in [3.8, 4) is 0 Å². The van der Waals surface area contributed by atoms with Gasteiger partial charge in [-0.3, -0.25) is 0 Å². The fraction of sp³-hybridized carbons (Fsp3) is 0.667. The summed E-state index contributed by atoms with van der Waals surface area (Å²) in [5.41, 5.74) is 1.50. The zero-order chi connectivity index (χ0) is 13.9. The lowest BCUT2D eigenvalue weighted by Gasteiger charge is -2.12. The molecule has 1 rings (SSSR count). The van der Waals surface area contributed by atoms with E-state index in [4.69, 9.17) is 0 Å². The van der Waals surface area contributed by atoms with Crippen molar-refractivity contribution >= 4 is 14.0 Å². The molecule has 1 aromatic rings. The average Bonchev–Trinajstić information content (AvgIpc) is 2.42. The molecule has 0 aliphatic carbocycles. The van der Waals surface area contributed by atoms with Gasteiger partial charge in [-0.2, -0.15) is 0 Å². The fourth-order valence-corrected chi connectivity index (χ4v) is 4.90. The largest absolute Gasteiger partial charge is 0.0827 e. The standard InChI is InChI=1S/C18H31Si/c1-4-5-6-7-8-9-10-13-16-19(3)18-15-12-11-14-17(18)2/h11-12,14-15H,4-10,13,16H2,1-3H3. The van der Waals surface area contributed by atoms with E-state index < -0.39 is 0 Å². The van der Waals surface area contributed by atoms with E-state index in [9.17, 15) is 0 Å². The maximum atomic E-state index is 2.48. The van der Waals surface area contributed by atoms with E-state index in [1.807, 2.05) is 0 Å². The van der Waals surface area contributed by atoms with Gasteiger partial charge in [0, 0.05) is 0 Å². The molecular weight excluding hydrogens is 244 g/mol. The highest BCUT2D eigenvalue weighted by atomic mass is 28.3. The van der Waals surface area contributed by atoms with Crippen LogP contribution in [0.2, 0.25) is 12.6 Å². The highest BCUT2D eigenvalue weighted by Gasteiger charge is 2.09. The van der Waals surface area contributed by atoms with Crippen molar-refractivity contribution in [3.05, 3.63) is 29.8 Å². The van der Waals surface area contributed by atoms with Crippen molar-refractivity contribution in [1.82, 2.24) is 0 Å². The van der Waals surface area contributed by atoms with Crippen molar-refractivity contribution in [2.45, 2.75) is 77.8 Å². The van der Waals surface area contributed by atoms with Crippen LogP contribution in [0.3, 0.4) is 0 Å². The first-order valence-corrected chi connectivity index (χ1v) is 10.3. The van der Waals surface area contributed by atoms with E-state index >= 15 is 0 Å². The molecule has 107 valence electrons. The highest BCUT2D eigenvalue weighted by molar-refractivity contribution is 6.72. The van der Waals surface area contributed by atoms with Crippen molar-refractivity contribution in [3.63, 3.8) is 0 Å². The number of unbranched alkanes of at least 4 members (excludes halogenated alkanes) is 7. The van der Waals surface area contributed by atoms with Gasteiger partial charge in [-0.25, -0.2) is 0 Å². The molecular formula is C18H31Si. The molecule has 1 radical (unpaired) electrons. The summed E-state index contributed by atoms with van der Waals surface area (Å²) < 4.78 is 0. The molecule has 1 aromatic carbocycles. The number of benzene rings is 1. The first kappa shape index (κ1) is 16.5.